The molecule has 0 radical (unpaired) electrons. The molecule has 1 N–H and O–H groups in total. The molecule has 0 atom stereocenters. The van der Waals surface area contributed by atoms with Crippen molar-refractivity contribution >= 4 is 11.4 Å². The van der Waals surface area contributed by atoms with Gasteiger partial charge in [0.2, 0.25) is 0 Å². The number of nitro groups is 1. The molecule has 21 heavy (non-hydrogen) atoms. The molecule has 0 saturated carbocycles. The number of hydrogen-bond donors (Lipinski definition) is 1. The molecule has 2 aromatic rings. The van der Waals surface area contributed by atoms with Crippen molar-refractivity contribution in [3.8, 4) is 0 Å². The van der Waals surface area contributed by atoms with E-state index in [0.29, 0.717) is 24.1 Å². The molecule has 2 rings (SSSR count). The number of rotatable bonds is 5. The van der Waals surface area contributed by atoms with Gasteiger partial charge in [-0.1, -0.05) is 12.1 Å². The van der Waals surface area contributed by atoms with Gasteiger partial charge in [0.05, 0.1) is 17.1 Å². The second-order valence-electron chi connectivity index (χ2n) is 4.35. The number of nitrogens with zero attached hydrogens (tertiary/aromatic N) is 1. The third-order valence-electron chi connectivity index (χ3n) is 2.84. The van der Waals surface area contributed by atoms with Crippen molar-refractivity contribution in [3.05, 3.63) is 69.5 Å². The van der Waals surface area contributed by atoms with E-state index in [-0.39, 0.29) is 12.4 Å². The molecule has 2 aromatic carbocycles. The first-order valence-corrected chi connectivity index (χ1v) is 6.09. The van der Waals surface area contributed by atoms with Gasteiger partial charge in [-0.3, -0.25) is 10.1 Å². The molecule has 0 saturated heterocycles. The van der Waals surface area contributed by atoms with Crippen LogP contribution in [-0.2, 0) is 6.42 Å². The van der Waals surface area contributed by atoms with E-state index >= 15 is 0 Å². The molecular weight excluding hydrogens is 285 g/mol. The summed E-state index contributed by atoms with van der Waals surface area (Å²) in [6, 6.07) is 7.14. The molecular formula is C14H11F3N2O2. The Morgan fingerprint density at radius 3 is 2.33 bits per heavy atom. The van der Waals surface area contributed by atoms with Crippen LogP contribution in [0, 0.1) is 27.6 Å². The highest BCUT2D eigenvalue weighted by atomic mass is 19.1. The van der Waals surface area contributed by atoms with Gasteiger partial charge in [0.15, 0.2) is 11.6 Å². The van der Waals surface area contributed by atoms with E-state index in [1.165, 1.54) is 18.2 Å². The normalized spacial score (nSPS) is 10.4. The monoisotopic (exact) mass is 296 g/mol. The second kappa shape index (κ2) is 6.25. The zero-order valence-electron chi connectivity index (χ0n) is 10.8. The van der Waals surface area contributed by atoms with Crippen LogP contribution in [0.1, 0.15) is 5.56 Å². The van der Waals surface area contributed by atoms with E-state index in [4.69, 9.17) is 0 Å². The Morgan fingerprint density at radius 2 is 1.76 bits per heavy atom. The molecule has 110 valence electrons. The molecule has 0 bridgehead atoms. The van der Waals surface area contributed by atoms with Crippen molar-refractivity contribution in [2.75, 3.05) is 11.9 Å². The quantitative estimate of drug-likeness (QED) is 0.676. The van der Waals surface area contributed by atoms with Crippen LogP contribution in [0.4, 0.5) is 24.5 Å². The minimum atomic E-state index is -1.04. The zero-order valence-corrected chi connectivity index (χ0v) is 10.8. The molecule has 0 aromatic heterocycles. The maximum Gasteiger partial charge on any atom is 0.275 e. The highest BCUT2D eigenvalue weighted by Crippen LogP contribution is 2.24. The first kappa shape index (κ1) is 14.8. The molecule has 0 aliphatic heterocycles. The fraction of sp³-hybridized carbons (Fsp3) is 0.143. The van der Waals surface area contributed by atoms with Crippen LogP contribution in [0.15, 0.2) is 36.4 Å². The Labute approximate surface area is 118 Å². The maximum absolute atomic E-state index is 13.6. The minimum absolute atomic E-state index is 0.162. The second-order valence-corrected chi connectivity index (χ2v) is 4.35. The number of benzene rings is 2. The Kier molecular flexibility index (Phi) is 4.42. The van der Waals surface area contributed by atoms with Crippen LogP contribution in [0.2, 0.25) is 0 Å². The van der Waals surface area contributed by atoms with Gasteiger partial charge in [0, 0.05) is 6.54 Å². The standard InChI is InChI=1S/C14H11F3N2O2/c15-10-3-1-2-9(6-10)4-5-18-14-12(16)7-11(19(20)21)8-13(14)17/h1-3,6-8,18H,4-5H2. The number of nitro benzene ring substituents is 1. The lowest BCUT2D eigenvalue weighted by Crippen LogP contribution is -2.08. The van der Waals surface area contributed by atoms with Gasteiger partial charge in [-0.2, -0.15) is 0 Å². The van der Waals surface area contributed by atoms with Crippen molar-refractivity contribution in [2.24, 2.45) is 0 Å². The summed E-state index contributed by atoms with van der Waals surface area (Å²) in [6.07, 6.45) is 0.355. The highest BCUT2D eigenvalue weighted by Gasteiger charge is 2.16. The van der Waals surface area contributed by atoms with Crippen molar-refractivity contribution in [3.63, 3.8) is 0 Å². The number of non-ortho nitro benzene ring substituents is 1. The first-order valence-electron chi connectivity index (χ1n) is 6.09. The molecule has 0 heterocycles. The molecule has 0 fully saturated rings. The predicted molar refractivity (Wildman–Crippen MR) is 71.6 cm³/mol. The Hall–Kier alpha value is -2.57. The third kappa shape index (κ3) is 3.71. The largest absolute Gasteiger partial charge is 0.380 e. The average molecular weight is 296 g/mol. The fourth-order valence-corrected chi connectivity index (χ4v) is 1.86. The molecule has 0 aliphatic carbocycles. The van der Waals surface area contributed by atoms with E-state index in [2.05, 4.69) is 5.32 Å². The summed E-state index contributed by atoms with van der Waals surface area (Å²) in [4.78, 5) is 9.59. The summed E-state index contributed by atoms with van der Waals surface area (Å²) >= 11 is 0. The van der Waals surface area contributed by atoms with Crippen molar-refractivity contribution < 1.29 is 18.1 Å². The van der Waals surface area contributed by atoms with Gasteiger partial charge in [0.25, 0.3) is 5.69 Å². The van der Waals surface area contributed by atoms with Gasteiger partial charge in [-0.05, 0) is 24.1 Å². The molecule has 7 heteroatoms. The van der Waals surface area contributed by atoms with E-state index in [1.54, 1.807) is 6.07 Å². The average Bonchev–Trinajstić information content (AvgIpc) is 2.41. The smallest absolute Gasteiger partial charge is 0.275 e. The molecule has 0 aliphatic rings. The van der Waals surface area contributed by atoms with Crippen LogP contribution in [-0.4, -0.2) is 11.5 Å². The van der Waals surface area contributed by atoms with E-state index < -0.39 is 27.9 Å². The van der Waals surface area contributed by atoms with Crippen molar-refractivity contribution in [1.82, 2.24) is 0 Å². The lowest BCUT2D eigenvalue weighted by Gasteiger charge is -2.09. The highest BCUT2D eigenvalue weighted by molar-refractivity contribution is 5.51. The van der Waals surface area contributed by atoms with Gasteiger partial charge >= 0.3 is 0 Å². The predicted octanol–water partition coefficient (Wildman–Crippen LogP) is 3.67. The van der Waals surface area contributed by atoms with Crippen LogP contribution in [0.3, 0.4) is 0 Å². The van der Waals surface area contributed by atoms with E-state index in [1.807, 2.05) is 0 Å². The van der Waals surface area contributed by atoms with Crippen LogP contribution >= 0.6 is 0 Å². The number of hydrogen-bond acceptors (Lipinski definition) is 3. The molecule has 0 spiro atoms. The van der Waals surface area contributed by atoms with Gasteiger partial charge in [-0.25, -0.2) is 13.2 Å². The summed E-state index contributed by atoms with van der Waals surface area (Å²) in [6.45, 7) is 0.162. The summed E-state index contributed by atoms with van der Waals surface area (Å²) in [5.41, 5.74) is -0.414. The SMILES string of the molecule is O=[N+]([O-])c1cc(F)c(NCCc2cccc(F)c2)c(F)c1. The number of nitrogens with one attached hydrogen (secondary N) is 1. The zero-order chi connectivity index (χ0) is 15.4. The summed E-state index contributed by atoms with van der Waals surface area (Å²) < 4.78 is 40.1. The minimum Gasteiger partial charge on any atom is -0.380 e. The Bertz CT molecular complexity index is 654. The van der Waals surface area contributed by atoms with Crippen molar-refractivity contribution in [1.29, 1.82) is 0 Å². The van der Waals surface area contributed by atoms with E-state index in [9.17, 15) is 23.3 Å². The van der Waals surface area contributed by atoms with Crippen LogP contribution < -0.4 is 5.32 Å². The first-order chi connectivity index (χ1) is 9.97. The number of anilines is 1. The Morgan fingerprint density at radius 1 is 1.10 bits per heavy atom. The number of halogens is 3. The molecule has 0 amide bonds. The summed E-state index contributed by atoms with van der Waals surface area (Å²) in [5, 5.41) is 13.0. The third-order valence-corrected chi connectivity index (χ3v) is 2.84. The van der Waals surface area contributed by atoms with Crippen LogP contribution in [0.5, 0.6) is 0 Å². The lowest BCUT2D eigenvalue weighted by molar-refractivity contribution is -0.385. The maximum atomic E-state index is 13.6. The topological polar surface area (TPSA) is 55.2 Å². The lowest BCUT2D eigenvalue weighted by atomic mass is 10.1. The van der Waals surface area contributed by atoms with E-state index in [0.717, 1.165) is 0 Å². The van der Waals surface area contributed by atoms with Crippen molar-refractivity contribution in [2.45, 2.75) is 6.42 Å². The van der Waals surface area contributed by atoms with Gasteiger partial charge < -0.3 is 5.32 Å². The molecule has 0 unspecified atom stereocenters. The van der Waals surface area contributed by atoms with Gasteiger partial charge in [-0.15, -0.1) is 0 Å². The summed E-state index contributed by atoms with van der Waals surface area (Å²) in [7, 11) is 0. The fourth-order valence-electron chi connectivity index (χ4n) is 1.86. The van der Waals surface area contributed by atoms with Gasteiger partial charge in [0.1, 0.15) is 11.5 Å². The molecule has 4 nitrogen and oxygen atoms in total. The summed E-state index contributed by atoms with van der Waals surface area (Å²) in [5.74, 6) is -2.47. The van der Waals surface area contributed by atoms with Crippen LogP contribution in [0.25, 0.3) is 0 Å². The Balaban J connectivity index is 2.05.